The van der Waals surface area contributed by atoms with Crippen molar-refractivity contribution in [3.63, 3.8) is 0 Å². The van der Waals surface area contributed by atoms with Crippen molar-refractivity contribution in [2.75, 3.05) is 20.6 Å². The molecule has 2 rings (SSSR count). The lowest BCUT2D eigenvalue weighted by atomic mass is 9.85. The average Bonchev–Trinajstić information content (AvgIpc) is 2.70. The van der Waals surface area contributed by atoms with E-state index in [9.17, 15) is 8.42 Å². The summed E-state index contributed by atoms with van der Waals surface area (Å²) in [5.41, 5.74) is 0. The van der Waals surface area contributed by atoms with Crippen molar-refractivity contribution in [2.24, 2.45) is 5.92 Å². The molecule has 0 saturated heterocycles. The first-order valence-corrected chi connectivity index (χ1v) is 7.66. The second kappa shape index (κ2) is 5.42. The van der Waals surface area contributed by atoms with Gasteiger partial charge < -0.3 is 9.73 Å². The van der Waals surface area contributed by atoms with Gasteiger partial charge in [-0.15, -0.1) is 0 Å². The zero-order valence-electron chi connectivity index (χ0n) is 10.8. The molecule has 1 aromatic heterocycles. The SMILES string of the molecule is CN(C)S(=O)(=O)c1ccc(CNCC2CCC2)o1. The van der Waals surface area contributed by atoms with Crippen LogP contribution in [-0.2, 0) is 16.6 Å². The lowest BCUT2D eigenvalue weighted by Gasteiger charge is -2.25. The molecule has 1 aliphatic carbocycles. The van der Waals surface area contributed by atoms with Crippen LogP contribution in [0.2, 0.25) is 0 Å². The molecule has 0 bridgehead atoms. The van der Waals surface area contributed by atoms with Crippen LogP contribution in [0.5, 0.6) is 0 Å². The van der Waals surface area contributed by atoms with E-state index < -0.39 is 10.0 Å². The molecule has 0 spiro atoms. The monoisotopic (exact) mass is 272 g/mol. The van der Waals surface area contributed by atoms with E-state index in [4.69, 9.17) is 4.42 Å². The summed E-state index contributed by atoms with van der Waals surface area (Å²) in [4.78, 5) is 0. The topological polar surface area (TPSA) is 62.6 Å². The maximum atomic E-state index is 11.8. The predicted octanol–water partition coefficient (Wildman–Crippen LogP) is 1.42. The van der Waals surface area contributed by atoms with Crippen molar-refractivity contribution in [3.8, 4) is 0 Å². The summed E-state index contributed by atoms with van der Waals surface area (Å²) in [6, 6.07) is 3.22. The van der Waals surface area contributed by atoms with Gasteiger partial charge in [0.2, 0.25) is 5.09 Å². The zero-order valence-corrected chi connectivity index (χ0v) is 11.7. The first-order chi connectivity index (χ1) is 8.50. The van der Waals surface area contributed by atoms with Gasteiger partial charge in [-0.3, -0.25) is 0 Å². The van der Waals surface area contributed by atoms with Crippen LogP contribution in [0.1, 0.15) is 25.0 Å². The highest BCUT2D eigenvalue weighted by Crippen LogP contribution is 2.25. The Hall–Kier alpha value is -0.850. The predicted molar refractivity (Wildman–Crippen MR) is 68.6 cm³/mol. The Morgan fingerprint density at radius 1 is 1.39 bits per heavy atom. The third kappa shape index (κ3) is 2.93. The molecule has 1 saturated carbocycles. The minimum absolute atomic E-state index is 0.00736. The fraction of sp³-hybridized carbons (Fsp3) is 0.667. The Labute approximate surface area is 108 Å². The number of rotatable bonds is 6. The van der Waals surface area contributed by atoms with Crippen molar-refractivity contribution in [1.29, 1.82) is 0 Å². The van der Waals surface area contributed by atoms with Crippen LogP contribution < -0.4 is 5.32 Å². The number of nitrogens with one attached hydrogen (secondary N) is 1. The van der Waals surface area contributed by atoms with E-state index in [2.05, 4.69) is 5.32 Å². The van der Waals surface area contributed by atoms with Gasteiger partial charge in [0, 0.05) is 14.1 Å². The number of furan rings is 1. The summed E-state index contributed by atoms with van der Waals surface area (Å²) in [6.07, 6.45) is 3.93. The van der Waals surface area contributed by atoms with Gasteiger partial charge in [0.05, 0.1) is 6.54 Å². The molecule has 1 aromatic rings. The summed E-state index contributed by atoms with van der Waals surface area (Å²) < 4.78 is 30.1. The molecule has 6 heteroatoms. The molecule has 1 heterocycles. The van der Waals surface area contributed by atoms with Crippen LogP contribution in [0.15, 0.2) is 21.6 Å². The fourth-order valence-corrected chi connectivity index (χ4v) is 2.68. The summed E-state index contributed by atoms with van der Waals surface area (Å²) in [5.74, 6) is 1.44. The van der Waals surface area contributed by atoms with Crippen molar-refractivity contribution in [2.45, 2.75) is 30.9 Å². The Kier molecular flexibility index (Phi) is 4.09. The highest BCUT2D eigenvalue weighted by atomic mass is 32.2. The first kappa shape index (κ1) is 13.6. The van der Waals surface area contributed by atoms with Crippen molar-refractivity contribution < 1.29 is 12.8 Å². The van der Waals surface area contributed by atoms with Gasteiger partial charge >= 0.3 is 0 Å². The van der Waals surface area contributed by atoms with Crippen LogP contribution in [0, 0.1) is 5.92 Å². The minimum atomic E-state index is -3.45. The fourth-order valence-electron chi connectivity index (χ4n) is 1.87. The molecule has 0 radical (unpaired) electrons. The Morgan fingerprint density at radius 3 is 2.67 bits per heavy atom. The van der Waals surface area contributed by atoms with Crippen LogP contribution in [-0.4, -0.2) is 33.4 Å². The second-order valence-corrected chi connectivity index (χ2v) is 7.02. The average molecular weight is 272 g/mol. The summed E-state index contributed by atoms with van der Waals surface area (Å²) in [7, 11) is -0.467. The maximum Gasteiger partial charge on any atom is 0.275 e. The normalized spacial score (nSPS) is 17.1. The molecule has 5 nitrogen and oxygen atoms in total. The molecule has 102 valence electrons. The van der Waals surface area contributed by atoms with Crippen LogP contribution in [0.3, 0.4) is 0 Å². The Bertz CT molecular complexity index is 489. The van der Waals surface area contributed by atoms with Crippen LogP contribution in [0.25, 0.3) is 0 Å². The number of sulfonamides is 1. The summed E-state index contributed by atoms with van der Waals surface area (Å²) in [5, 5.41) is 3.30. The minimum Gasteiger partial charge on any atom is -0.447 e. The van der Waals surface area contributed by atoms with Gasteiger partial charge in [0.15, 0.2) is 0 Å². The van der Waals surface area contributed by atoms with Crippen LogP contribution >= 0.6 is 0 Å². The third-order valence-corrected chi connectivity index (χ3v) is 5.02. The van der Waals surface area contributed by atoms with Gasteiger partial charge in [-0.2, -0.15) is 0 Å². The van der Waals surface area contributed by atoms with E-state index in [1.165, 1.54) is 39.4 Å². The number of hydrogen-bond acceptors (Lipinski definition) is 4. The van der Waals surface area contributed by atoms with Crippen molar-refractivity contribution >= 4 is 10.0 Å². The van der Waals surface area contributed by atoms with E-state index in [-0.39, 0.29) is 5.09 Å². The smallest absolute Gasteiger partial charge is 0.275 e. The molecule has 0 amide bonds. The number of hydrogen-bond donors (Lipinski definition) is 1. The second-order valence-electron chi connectivity index (χ2n) is 4.94. The molecule has 0 atom stereocenters. The first-order valence-electron chi connectivity index (χ1n) is 6.22. The van der Waals surface area contributed by atoms with E-state index in [1.807, 2.05) is 0 Å². The van der Waals surface area contributed by atoms with Gasteiger partial charge in [-0.1, -0.05) is 6.42 Å². The molecule has 0 aliphatic heterocycles. The highest BCUT2D eigenvalue weighted by molar-refractivity contribution is 7.88. The van der Waals surface area contributed by atoms with Crippen molar-refractivity contribution in [1.82, 2.24) is 9.62 Å². The van der Waals surface area contributed by atoms with E-state index in [0.717, 1.165) is 16.8 Å². The summed E-state index contributed by atoms with van der Waals surface area (Å²) in [6.45, 7) is 1.57. The molecule has 18 heavy (non-hydrogen) atoms. The van der Waals surface area contributed by atoms with Gasteiger partial charge in [-0.25, -0.2) is 12.7 Å². The molecular weight excluding hydrogens is 252 g/mol. The Morgan fingerprint density at radius 2 is 2.11 bits per heavy atom. The van der Waals surface area contributed by atoms with E-state index in [1.54, 1.807) is 6.07 Å². The Balaban J connectivity index is 1.89. The zero-order chi connectivity index (χ0) is 13.2. The number of nitrogens with zero attached hydrogens (tertiary/aromatic N) is 1. The molecular formula is C12H20N2O3S. The summed E-state index contributed by atoms with van der Waals surface area (Å²) >= 11 is 0. The van der Waals surface area contributed by atoms with E-state index >= 15 is 0 Å². The van der Waals surface area contributed by atoms with E-state index in [0.29, 0.717) is 12.3 Å². The largest absolute Gasteiger partial charge is 0.447 e. The van der Waals surface area contributed by atoms with Gasteiger partial charge in [0.25, 0.3) is 10.0 Å². The molecule has 0 unspecified atom stereocenters. The highest BCUT2D eigenvalue weighted by Gasteiger charge is 2.21. The molecule has 1 aliphatic rings. The third-order valence-electron chi connectivity index (χ3n) is 3.33. The lowest BCUT2D eigenvalue weighted by molar-refractivity contribution is 0.294. The van der Waals surface area contributed by atoms with Gasteiger partial charge in [0.1, 0.15) is 5.76 Å². The molecule has 1 N–H and O–H groups in total. The van der Waals surface area contributed by atoms with Crippen molar-refractivity contribution in [3.05, 3.63) is 17.9 Å². The maximum absolute atomic E-state index is 11.8. The molecule has 0 aromatic carbocycles. The van der Waals surface area contributed by atoms with Crippen LogP contribution in [0.4, 0.5) is 0 Å². The lowest BCUT2D eigenvalue weighted by Crippen LogP contribution is -2.26. The quantitative estimate of drug-likeness (QED) is 0.850. The van der Waals surface area contributed by atoms with Gasteiger partial charge in [-0.05, 0) is 37.4 Å². The standard InChI is InChI=1S/C12H20N2O3S/c1-14(2)18(15,16)12-7-6-11(17-12)9-13-8-10-4-3-5-10/h6-7,10,13H,3-5,8-9H2,1-2H3. The molecule has 1 fully saturated rings.